The van der Waals surface area contributed by atoms with Crippen molar-refractivity contribution in [2.24, 2.45) is 0 Å². The fourth-order valence-corrected chi connectivity index (χ4v) is 6.24. The zero-order valence-electron chi connectivity index (χ0n) is 29.7. The Hall–Kier alpha value is -4.82. The van der Waals surface area contributed by atoms with Gasteiger partial charge in [0.25, 0.3) is 0 Å². The van der Waals surface area contributed by atoms with Crippen LogP contribution in [0.2, 0.25) is 10.0 Å². The lowest BCUT2D eigenvalue weighted by molar-refractivity contribution is -0.127. The normalized spacial score (nSPS) is 13.5. The van der Waals surface area contributed by atoms with Crippen molar-refractivity contribution in [3.05, 3.63) is 153 Å². The van der Waals surface area contributed by atoms with E-state index in [4.69, 9.17) is 37.4 Å². The van der Waals surface area contributed by atoms with Gasteiger partial charge in [-0.3, -0.25) is 9.69 Å². The van der Waals surface area contributed by atoms with Crippen LogP contribution in [0.3, 0.4) is 0 Å². The second-order valence-electron chi connectivity index (χ2n) is 13.2. The highest BCUT2D eigenvalue weighted by molar-refractivity contribution is 6.32. The quantitative estimate of drug-likeness (QED) is 0.112. The molecule has 0 spiro atoms. The van der Waals surface area contributed by atoms with Crippen LogP contribution in [0.25, 0.3) is 6.08 Å². The van der Waals surface area contributed by atoms with Crippen LogP contribution in [-0.2, 0) is 24.6 Å². The Morgan fingerprint density at radius 3 is 2.19 bits per heavy atom. The molecule has 0 saturated carbocycles. The van der Waals surface area contributed by atoms with Gasteiger partial charge in [0.1, 0.15) is 30.5 Å². The minimum atomic E-state index is -0.0141. The van der Waals surface area contributed by atoms with Crippen LogP contribution >= 0.6 is 23.2 Å². The number of nitrogens with zero attached hydrogens (tertiary/aromatic N) is 3. The summed E-state index contributed by atoms with van der Waals surface area (Å²) >= 11 is 12.8. The van der Waals surface area contributed by atoms with Crippen molar-refractivity contribution >= 4 is 35.2 Å². The third-order valence-electron chi connectivity index (χ3n) is 9.07. The molecule has 0 N–H and O–H groups in total. The Kier molecular flexibility index (Phi) is 12.5. The Labute approximate surface area is 316 Å². The maximum absolute atomic E-state index is 13.1. The number of aryl methyl sites for hydroxylation is 1. The summed E-state index contributed by atoms with van der Waals surface area (Å²) in [5, 5.41) is 1.07. The van der Waals surface area contributed by atoms with Crippen LogP contribution in [0.5, 0.6) is 23.1 Å². The highest BCUT2D eigenvalue weighted by atomic mass is 35.5. The van der Waals surface area contributed by atoms with Gasteiger partial charge in [-0.2, -0.15) is 0 Å². The van der Waals surface area contributed by atoms with Gasteiger partial charge in [0.2, 0.25) is 11.8 Å². The summed E-state index contributed by atoms with van der Waals surface area (Å²) in [6, 6.07) is 31.6. The topological polar surface area (TPSA) is 64.1 Å². The molecule has 0 unspecified atom stereocenters. The van der Waals surface area contributed by atoms with Gasteiger partial charge < -0.3 is 19.1 Å². The van der Waals surface area contributed by atoms with Crippen LogP contribution in [0.15, 0.2) is 109 Å². The molecular formula is C43H43Cl2N3O4. The number of rotatable bonds is 13. The minimum absolute atomic E-state index is 0.0141. The smallest absolute Gasteiger partial charge is 0.246 e. The maximum atomic E-state index is 13.1. The largest absolute Gasteiger partial charge is 0.489 e. The van der Waals surface area contributed by atoms with Gasteiger partial charge in [0, 0.05) is 55.5 Å². The highest BCUT2D eigenvalue weighted by Gasteiger charge is 2.20. The van der Waals surface area contributed by atoms with E-state index in [1.807, 2.05) is 60.4 Å². The van der Waals surface area contributed by atoms with Crippen LogP contribution < -0.4 is 14.2 Å². The zero-order valence-corrected chi connectivity index (χ0v) is 31.2. The number of aromatic nitrogens is 1. The van der Waals surface area contributed by atoms with Crippen LogP contribution in [0.1, 0.15) is 53.1 Å². The monoisotopic (exact) mass is 735 g/mol. The van der Waals surface area contributed by atoms with E-state index in [1.54, 1.807) is 30.5 Å². The summed E-state index contributed by atoms with van der Waals surface area (Å²) < 4.78 is 17.8. The first-order valence-electron chi connectivity index (χ1n) is 17.5. The minimum Gasteiger partial charge on any atom is -0.489 e. The van der Waals surface area contributed by atoms with E-state index < -0.39 is 0 Å². The Balaban J connectivity index is 0.941. The molecule has 1 aromatic heterocycles. The van der Waals surface area contributed by atoms with Crippen molar-refractivity contribution in [3.8, 4) is 23.1 Å². The van der Waals surface area contributed by atoms with E-state index >= 15 is 0 Å². The fraction of sp³-hybridized carbons (Fsp3) is 0.256. The molecule has 1 aliphatic heterocycles. The third-order valence-corrected chi connectivity index (χ3v) is 9.73. The molecule has 1 aliphatic rings. The van der Waals surface area contributed by atoms with Crippen molar-refractivity contribution in [1.29, 1.82) is 0 Å². The molecule has 0 aliphatic carbocycles. The Morgan fingerprint density at radius 2 is 1.50 bits per heavy atom. The summed E-state index contributed by atoms with van der Waals surface area (Å²) in [7, 11) is 0. The number of piperazine rings is 1. The van der Waals surface area contributed by atoms with E-state index in [-0.39, 0.29) is 5.91 Å². The number of ether oxygens (including phenoxy) is 3. The lowest BCUT2D eigenvalue weighted by Crippen LogP contribution is -2.47. The van der Waals surface area contributed by atoms with E-state index in [0.717, 1.165) is 47.6 Å². The molecule has 9 heteroatoms. The third kappa shape index (κ3) is 10.2. The second-order valence-corrected chi connectivity index (χ2v) is 14.0. The molecular weight excluding hydrogens is 693 g/mol. The molecule has 0 bridgehead atoms. The van der Waals surface area contributed by atoms with Crippen molar-refractivity contribution in [2.75, 3.05) is 26.2 Å². The van der Waals surface area contributed by atoms with Gasteiger partial charge in [-0.05, 0) is 83.1 Å². The van der Waals surface area contributed by atoms with Gasteiger partial charge in [0.15, 0.2) is 0 Å². The number of amides is 1. The lowest BCUT2D eigenvalue weighted by atomic mass is 10.0. The first-order chi connectivity index (χ1) is 25.2. The number of carbonyl (C=O) groups excluding carboxylic acids is 1. The SMILES string of the molecule is Cc1cc(Oc2ccc(OCc3ccccc3Cl)cn2)c(Cl)cc1/C=C/C(=O)N1CCN(Cc2ccc(COc3ccc(C(C)C)cc3)cc2)CC1. The zero-order chi connectivity index (χ0) is 36.5. The van der Waals surface area contributed by atoms with E-state index in [9.17, 15) is 4.79 Å². The average molecular weight is 737 g/mol. The molecule has 268 valence electrons. The summed E-state index contributed by atoms with van der Waals surface area (Å²) in [5.41, 5.74) is 6.35. The predicted molar refractivity (Wildman–Crippen MR) is 208 cm³/mol. The van der Waals surface area contributed by atoms with E-state index in [0.29, 0.717) is 59.6 Å². The van der Waals surface area contributed by atoms with Gasteiger partial charge in [0.05, 0.1) is 11.2 Å². The Bertz CT molecular complexity index is 1970. The molecule has 1 fully saturated rings. The molecule has 7 nitrogen and oxygen atoms in total. The van der Waals surface area contributed by atoms with Crippen molar-refractivity contribution in [1.82, 2.24) is 14.8 Å². The van der Waals surface area contributed by atoms with Crippen molar-refractivity contribution in [3.63, 3.8) is 0 Å². The highest BCUT2D eigenvalue weighted by Crippen LogP contribution is 2.32. The predicted octanol–water partition coefficient (Wildman–Crippen LogP) is 10.1. The second kappa shape index (κ2) is 17.6. The standard InChI is InChI=1S/C43H43Cl2N3O4/c1-30(2)34-12-15-37(16-13-34)50-28-33-10-8-32(9-11-33)27-47-20-22-48(23-21-47)43(49)19-14-35-25-40(45)41(24-31(35)3)52-42-18-17-38(26-46-42)51-29-36-6-4-5-7-39(36)44/h4-19,24-26,30H,20-23,27-29H2,1-3H3/b19-14+. The first-order valence-corrected chi connectivity index (χ1v) is 18.3. The number of hydrogen-bond donors (Lipinski definition) is 0. The molecule has 2 heterocycles. The van der Waals surface area contributed by atoms with Crippen molar-refractivity contribution in [2.45, 2.75) is 46.4 Å². The summed E-state index contributed by atoms with van der Waals surface area (Å²) in [6.45, 7) is 11.0. The molecule has 52 heavy (non-hydrogen) atoms. The number of carbonyl (C=O) groups is 1. The average Bonchev–Trinajstić information content (AvgIpc) is 3.16. The fourth-order valence-electron chi connectivity index (χ4n) is 5.84. The summed E-state index contributed by atoms with van der Waals surface area (Å²) in [5.74, 6) is 2.83. The van der Waals surface area contributed by atoms with Gasteiger partial charge in [-0.15, -0.1) is 0 Å². The van der Waals surface area contributed by atoms with Gasteiger partial charge >= 0.3 is 0 Å². The lowest BCUT2D eigenvalue weighted by Gasteiger charge is -2.34. The molecule has 6 rings (SSSR count). The number of benzene rings is 4. The maximum Gasteiger partial charge on any atom is 0.246 e. The van der Waals surface area contributed by atoms with Gasteiger partial charge in [-0.1, -0.05) is 91.6 Å². The first kappa shape index (κ1) is 37.0. The van der Waals surface area contributed by atoms with E-state index in [1.165, 1.54) is 11.1 Å². The van der Waals surface area contributed by atoms with Crippen LogP contribution in [0.4, 0.5) is 0 Å². The molecule has 1 amide bonds. The Morgan fingerprint density at radius 1 is 0.808 bits per heavy atom. The number of pyridine rings is 1. The molecule has 1 saturated heterocycles. The number of hydrogen-bond acceptors (Lipinski definition) is 6. The molecule has 0 radical (unpaired) electrons. The summed E-state index contributed by atoms with van der Waals surface area (Å²) in [6.07, 6.45) is 5.03. The van der Waals surface area contributed by atoms with Crippen LogP contribution in [-0.4, -0.2) is 46.9 Å². The molecule has 4 aromatic carbocycles. The summed E-state index contributed by atoms with van der Waals surface area (Å²) in [4.78, 5) is 21.7. The number of halogens is 2. The van der Waals surface area contributed by atoms with E-state index in [2.05, 4.69) is 60.1 Å². The van der Waals surface area contributed by atoms with Crippen molar-refractivity contribution < 1.29 is 19.0 Å². The van der Waals surface area contributed by atoms with Crippen LogP contribution in [0, 0.1) is 6.92 Å². The molecule has 0 atom stereocenters. The van der Waals surface area contributed by atoms with Gasteiger partial charge in [-0.25, -0.2) is 4.98 Å². The molecule has 5 aromatic rings.